The third-order valence-corrected chi connectivity index (χ3v) is 5.87. The zero-order chi connectivity index (χ0) is 23.8. The molecule has 2 atom stereocenters. The number of carbonyl (C=O) groups excluding carboxylic acids is 1. The first-order valence-corrected chi connectivity index (χ1v) is 10.9. The molecule has 0 radical (unpaired) electrons. The molecule has 0 aliphatic carbocycles. The first-order valence-electron chi connectivity index (χ1n) is 10.5. The molecule has 2 aliphatic rings. The fourth-order valence-electron chi connectivity index (χ4n) is 4.10. The van der Waals surface area contributed by atoms with Crippen LogP contribution in [-0.2, 0) is 10.3 Å². The topological polar surface area (TPSA) is 80.8 Å². The van der Waals surface area contributed by atoms with Gasteiger partial charge in [0.1, 0.15) is 11.6 Å². The first kappa shape index (κ1) is 22.7. The minimum absolute atomic E-state index is 0.175. The number of nitrogens with zero attached hydrogens (tertiary/aromatic N) is 3. The van der Waals surface area contributed by atoms with Crippen LogP contribution in [0.15, 0.2) is 65.8 Å². The van der Waals surface area contributed by atoms with Gasteiger partial charge in [0.05, 0.1) is 6.10 Å². The summed E-state index contributed by atoms with van der Waals surface area (Å²) in [5.74, 6) is 0.133. The van der Waals surface area contributed by atoms with Crippen molar-refractivity contribution in [3.63, 3.8) is 0 Å². The number of nitrogens with two attached hydrogens (primary N) is 1. The number of amides is 1. The van der Waals surface area contributed by atoms with E-state index in [9.17, 15) is 9.18 Å². The Kier molecular flexibility index (Phi) is 6.08. The van der Waals surface area contributed by atoms with E-state index < -0.39 is 11.4 Å². The third-order valence-electron chi connectivity index (χ3n) is 5.65. The van der Waals surface area contributed by atoms with E-state index in [-0.39, 0.29) is 18.0 Å². The van der Waals surface area contributed by atoms with Crippen molar-refractivity contribution in [3.05, 3.63) is 82.9 Å². The molecule has 5 rings (SSSR count). The van der Waals surface area contributed by atoms with E-state index in [1.165, 1.54) is 17.0 Å². The maximum Gasteiger partial charge on any atom is 0.261 e. The van der Waals surface area contributed by atoms with Crippen molar-refractivity contribution in [1.82, 2.24) is 9.88 Å². The summed E-state index contributed by atoms with van der Waals surface area (Å²) in [4.78, 5) is 22.8. The number of ether oxygens (including phenoxy) is 1. The van der Waals surface area contributed by atoms with E-state index in [1.807, 2.05) is 38.1 Å². The molecule has 3 aromatic rings. The molecule has 0 saturated heterocycles. The van der Waals surface area contributed by atoms with Gasteiger partial charge in [-0.15, -0.1) is 0 Å². The predicted molar refractivity (Wildman–Crippen MR) is 127 cm³/mol. The Morgan fingerprint density at radius 1 is 1.18 bits per heavy atom. The van der Waals surface area contributed by atoms with Gasteiger partial charge in [0.25, 0.3) is 5.91 Å². The third kappa shape index (κ3) is 4.41. The summed E-state index contributed by atoms with van der Waals surface area (Å²) in [6.07, 6.45) is 1.98. The lowest BCUT2D eigenvalue weighted by Gasteiger charge is -2.35. The van der Waals surface area contributed by atoms with Crippen molar-refractivity contribution in [1.29, 1.82) is 0 Å². The number of likely N-dealkylation sites (N-methyl/N-ethyl adjacent to an activating group) is 1. The quantitative estimate of drug-likeness (QED) is 0.564. The second-order valence-electron chi connectivity index (χ2n) is 8.17. The molecule has 6 nitrogen and oxygen atoms in total. The highest BCUT2D eigenvalue weighted by molar-refractivity contribution is 6.30. The van der Waals surface area contributed by atoms with Crippen LogP contribution in [0, 0.1) is 12.7 Å². The SMILES string of the molecule is CC1CC2(N=C(N)N(C)C2=O)c2cc(-c3cc(F)cc(Cl)c3)ccc2O1.Cc1ccccn1. The predicted octanol–water partition coefficient (Wildman–Crippen LogP) is 4.69. The van der Waals surface area contributed by atoms with Crippen molar-refractivity contribution < 1.29 is 13.9 Å². The van der Waals surface area contributed by atoms with Gasteiger partial charge in [0.15, 0.2) is 11.5 Å². The van der Waals surface area contributed by atoms with Crippen LogP contribution >= 0.6 is 11.6 Å². The summed E-state index contributed by atoms with van der Waals surface area (Å²) < 4.78 is 19.6. The molecule has 170 valence electrons. The van der Waals surface area contributed by atoms with E-state index in [4.69, 9.17) is 22.1 Å². The molecule has 1 aromatic heterocycles. The number of carbonyl (C=O) groups is 1. The number of hydrogen-bond acceptors (Lipinski definition) is 5. The highest BCUT2D eigenvalue weighted by Crippen LogP contribution is 2.47. The van der Waals surface area contributed by atoms with Crippen molar-refractivity contribution in [2.24, 2.45) is 10.7 Å². The van der Waals surface area contributed by atoms with Crippen LogP contribution in [0.25, 0.3) is 11.1 Å². The highest BCUT2D eigenvalue weighted by Gasteiger charge is 2.52. The number of hydrogen-bond donors (Lipinski definition) is 1. The molecule has 33 heavy (non-hydrogen) atoms. The van der Waals surface area contributed by atoms with E-state index in [2.05, 4.69) is 9.98 Å². The van der Waals surface area contributed by atoms with Gasteiger partial charge in [-0.3, -0.25) is 14.7 Å². The van der Waals surface area contributed by atoms with Gasteiger partial charge in [-0.05, 0) is 67.4 Å². The minimum atomic E-state index is -1.11. The number of guanidine groups is 1. The van der Waals surface area contributed by atoms with Gasteiger partial charge in [-0.25, -0.2) is 9.38 Å². The lowest BCUT2D eigenvalue weighted by atomic mass is 9.81. The zero-order valence-electron chi connectivity index (χ0n) is 18.5. The number of aryl methyl sites for hydroxylation is 1. The molecule has 0 bridgehead atoms. The number of rotatable bonds is 1. The van der Waals surface area contributed by atoms with Crippen LogP contribution in [0.3, 0.4) is 0 Å². The van der Waals surface area contributed by atoms with Crippen LogP contribution in [0.1, 0.15) is 24.6 Å². The van der Waals surface area contributed by atoms with E-state index in [0.29, 0.717) is 28.3 Å². The Bertz CT molecular complexity index is 1210. The molecule has 2 aromatic carbocycles. The summed E-state index contributed by atoms with van der Waals surface area (Å²) in [5, 5.41) is 0.302. The van der Waals surface area contributed by atoms with Gasteiger partial charge >= 0.3 is 0 Å². The van der Waals surface area contributed by atoms with Crippen LogP contribution in [-0.4, -0.2) is 34.9 Å². The Balaban J connectivity index is 0.000000318. The summed E-state index contributed by atoms with van der Waals surface area (Å²) in [6, 6.07) is 15.6. The molecule has 0 fully saturated rings. The maximum absolute atomic E-state index is 13.8. The Labute approximate surface area is 196 Å². The molecular formula is C25H24ClFN4O2. The lowest BCUT2D eigenvalue weighted by molar-refractivity contribution is -0.132. The second kappa shape index (κ2) is 8.83. The monoisotopic (exact) mass is 466 g/mol. The molecule has 1 amide bonds. The molecule has 2 unspecified atom stereocenters. The van der Waals surface area contributed by atoms with Gasteiger partial charge in [0, 0.05) is 35.9 Å². The van der Waals surface area contributed by atoms with E-state index in [1.54, 1.807) is 31.4 Å². The normalized spacial score (nSPS) is 21.1. The average molecular weight is 467 g/mol. The molecule has 0 saturated carbocycles. The summed E-state index contributed by atoms with van der Waals surface area (Å²) in [7, 11) is 1.60. The Morgan fingerprint density at radius 3 is 2.55 bits per heavy atom. The number of aromatic nitrogens is 1. The van der Waals surface area contributed by atoms with Crippen molar-refractivity contribution in [2.75, 3.05) is 7.05 Å². The molecule has 2 N–H and O–H groups in total. The van der Waals surface area contributed by atoms with Crippen LogP contribution in [0.2, 0.25) is 5.02 Å². The Morgan fingerprint density at radius 2 is 1.97 bits per heavy atom. The van der Waals surface area contributed by atoms with Crippen LogP contribution in [0.4, 0.5) is 4.39 Å². The first-order chi connectivity index (χ1) is 15.7. The standard InChI is InChI=1S/C19H17ClFN3O2.C6H7N/c1-10-9-19(17(25)24(2)18(22)23-19)15-7-11(3-4-16(15)26-10)12-5-13(20)8-14(21)6-12;1-6-4-2-3-5-7-6/h3-8,10H,9H2,1-2H3,(H2,22,23);2-5H,1H3. The minimum Gasteiger partial charge on any atom is -0.490 e. The molecule has 2 aliphatic heterocycles. The fourth-order valence-corrected chi connectivity index (χ4v) is 4.32. The summed E-state index contributed by atoms with van der Waals surface area (Å²) in [6.45, 7) is 3.86. The number of fused-ring (bicyclic) bond motifs is 2. The van der Waals surface area contributed by atoms with Crippen LogP contribution < -0.4 is 10.5 Å². The molecule has 3 heterocycles. The van der Waals surface area contributed by atoms with Gasteiger partial charge in [0.2, 0.25) is 0 Å². The van der Waals surface area contributed by atoms with Crippen LogP contribution in [0.5, 0.6) is 5.75 Å². The molecular weight excluding hydrogens is 443 g/mol. The highest BCUT2D eigenvalue weighted by atomic mass is 35.5. The zero-order valence-corrected chi connectivity index (χ0v) is 19.3. The number of halogens is 2. The van der Waals surface area contributed by atoms with Gasteiger partial charge in [-0.1, -0.05) is 23.7 Å². The lowest BCUT2D eigenvalue weighted by Crippen LogP contribution is -2.45. The largest absolute Gasteiger partial charge is 0.490 e. The van der Waals surface area contributed by atoms with Crippen molar-refractivity contribution in [2.45, 2.75) is 31.9 Å². The van der Waals surface area contributed by atoms with Gasteiger partial charge < -0.3 is 10.5 Å². The Hall–Kier alpha value is -3.45. The molecule has 1 spiro atoms. The summed E-state index contributed by atoms with van der Waals surface area (Å²) >= 11 is 5.98. The van der Waals surface area contributed by atoms with Gasteiger partial charge in [-0.2, -0.15) is 0 Å². The molecule has 8 heteroatoms. The maximum atomic E-state index is 13.8. The van der Waals surface area contributed by atoms with E-state index in [0.717, 1.165) is 11.3 Å². The number of benzene rings is 2. The number of aliphatic imine (C=N–C) groups is 1. The smallest absolute Gasteiger partial charge is 0.261 e. The second-order valence-corrected chi connectivity index (χ2v) is 8.60. The van der Waals surface area contributed by atoms with E-state index >= 15 is 0 Å². The fraction of sp³-hybridized carbons (Fsp3) is 0.240. The summed E-state index contributed by atoms with van der Waals surface area (Å²) in [5.41, 5.74) is 7.84. The number of pyridine rings is 1. The average Bonchev–Trinajstić information content (AvgIpc) is 2.97. The van der Waals surface area contributed by atoms with Crippen molar-refractivity contribution >= 4 is 23.5 Å². The van der Waals surface area contributed by atoms with Crippen molar-refractivity contribution in [3.8, 4) is 16.9 Å².